The zero-order chi connectivity index (χ0) is 13.3. The molecule has 0 aromatic heterocycles. The average Bonchev–Trinajstić information content (AvgIpc) is 2.47. The zero-order valence-electron chi connectivity index (χ0n) is 11.3. The fourth-order valence-corrected chi connectivity index (χ4v) is 1.73. The summed E-state index contributed by atoms with van der Waals surface area (Å²) in [6.45, 7) is 3.63. The molecular formula is C17H20O2. The van der Waals surface area contributed by atoms with Crippen LogP contribution in [0, 0.1) is 5.92 Å². The Kier molecular flexibility index (Phi) is 5.30. The summed E-state index contributed by atoms with van der Waals surface area (Å²) in [6.07, 6.45) is 0.988. The highest BCUT2D eigenvalue weighted by Gasteiger charge is 2.04. The van der Waals surface area contributed by atoms with Crippen molar-refractivity contribution in [2.24, 2.45) is 5.92 Å². The molecule has 19 heavy (non-hydrogen) atoms. The van der Waals surface area contributed by atoms with Crippen LogP contribution in [-0.2, 0) is 0 Å². The average molecular weight is 256 g/mol. The molecule has 0 heterocycles. The third kappa shape index (κ3) is 5.04. The SMILES string of the molecule is CC(CCOc1ccccc1)COc1ccccc1. The highest BCUT2D eigenvalue weighted by Crippen LogP contribution is 2.13. The standard InChI is InChI=1S/C17H20O2/c1-15(14-19-17-10-6-3-7-11-17)12-13-18-16-8-4-2-5-9-16/h2-11,15H,12-14H2,1H3. The van der Waals surface area contributed by atoms with Gasteiger partial charge in [-0.15, -0.1) is 0 Å². The van der Waals surface area contributed by atoms with Crippen LogP contribution in [0.15, 0.2) is 60.7 Å². The van der Waals surface area contributed by atoms with Crippen LogP contribution in [0.3, 0.4) is 0 Å². The molecule has 2 rings (SSSR count). The van der Waals surface area contributed by atoms with E-state index in [1.54, 1.807) is 0 Å². The summed E-state index contributed by atoms with van der Waals surface area (Å²) in [5, 5.41) is 0. The van der Waals surface area contributed by atoms with Crippen molar-refractivity contribution in [3.8, 4) is 11.5 Å². The molecule has 0 aliphatic heterocycles. The van der Waals surface area contributed by atoms with Gasteiger partial charge in [-0.1, -0.05) is 43.3 Å². The van der Waals surface area contributed by atoms with E-state index in [1.807, 2.05) is 60.7 Å². The topological polar surface area (TPSA) is 18.5 Å². The van der Waals surface area contributed by atoms with Crippen molar-refractivity contribution < 1.29 is 9.47 Å². The Morgan fingerprint density at radius 3 is 1.89 bits per heavy atom. The minimum Gasteiger partial charge on any atom is -0.494 e. The first-order valence-electron chi connectivity index (χ1n) is 6.70. The number of benzene rings is 2. The lowest BCUT2D eigenvalue weighted by atomic mass is 10.1. The Balaban J connectivity index is 1.64. The molecule has 100 valence electrons. The molecule has 0 saturated carbocycles. The maximum absolute atomic E-state index is 5.71. The van der Waals surface area contributed by atoms with Crippen molar-refractivity contribution in [2.45, 2.75) is 13.3 Å². The van der Waals surface area contributed by atoms with Crippen LogP contribution in [0.2, 0.25) is 0 Å². The number of hydrogen-bond donors (Lipinski definition) is 0. The molecule has 2 nitrogen and oxygen atoms in total. The van der Waals surface area contributed by atoms with E-state index in [4.69, 9.17) is 9.47 Å². The van der Waals surface area contributed by atoms with Crippen molar-refractivity contribution >= 4 is 0 Å². The highest BCUT2D eigenvalue weighted by atomic mass is 16.5. The Morgan fingerprint density at radius 2 is 1.32 bits per heavy atom. The summed E-state index contributed by atoms with van der Waals surface area (Å²) < 4.78 is 11.4. The zero-order valence-corrected chi connectivity index (χ0v) is 11.3. The summed E-state index contributed by atoms with van der Waals surface area (Å²) in [4.78, 5) is 0. The monoisotopic (exact) mass is 256 g/mol. The predicted octanol–water partition coefficient (Wildman–Crippen LogP) is 4.17. The minimum absolute atomic E-state index is 0.476. The molecule has 1 atom stereocenters. The fraction of sp³-hybridized carbons (Fsp3) is 0.294. The van der Waals surface area contributed by atoms with Gasteiger partial charge in [0.1, 0.15) is 11.5 Å². The molecule has 0 saturated heterocycles. The first-order valence-corrected chi connectivity index (χ1v) is 6.70. The van der Waals surface area contributed by atoms with Crippen LogP contribution in [0.5, 0.6) is 11.5 Å². The Bertz CT molecular complexity index is 453. The second-order valence-corrected chi connectivity index (χ2v) is 4.68. The largest absolute Gasteiger partial charge is 0.494 e. The van der Waals surface area contributed by atoms with Gasteiger partial charge in [-0.3, -0.25) is 0 Å². The molecule has 2 aromatic carbocycles. The highest BCUT2D eigenvalue weighted by molar-refractivity contribution is 5.21. The van der Waals surface area contributed by atoms with Gasteiger partial charge < -0.3 is 9.47 Å². The van der Waals surface area contributed by atoms with Gasteiger partial charge in [-0.25, -0.2) is 0 Å². The van der Waals surface area contributed by atoms with E-state index in [0.717, 1.165) is 31.1 Å². The lowest BCUT2D eigenvalue weighted by molar-refractivity contribution is 0.217. The van der Waals surface area contributed by atoms with Gasteiger partial charge >= 0.3 is 0 Å². The molecule has 0 aliphatic carbocycles. The van der Waals surface area contributed by atoms with Gasteiger partial charge in [0.05, 0.1) is 13.2 Å². The van der Waals surface area contributed by atoms with Crippen molar-refractivity contribution in [1.29, 1.82) is 0 Å². The summed E-state index contributed by atoms with van der Waals surface area (Å²) >= 11 is 0. The van der Waals surface area contributed by atoms with E-state index >= 15 is 0 Å². The summed E-state index contributed by atoms with van der Waals surface area (Å²) in [5.74, 6) is 2.33. The molecule has 0 aliphatic rings. The predicted molar refractivity (Wildman–Crippen MR) is 77.7 cm³/mol. The molecule has 0 N–H and O–H groups in total. The smallest absolute Gasteiger partial charge is 0.119 e. The fourth-order valence-electron chi connectivity index (χ4n) is 1.73. The van der Waals surface area contributed by atoms with Gasteiger partial charge in [0.25, 0.3) is 0 Å². The summed E-state index contributed by atoms with van der Waals surface area (Å²) in [7, 11) is 0. The van der Waals surface area contributed by atoms with Crippen LogP contribution >= 0.6 is 0 Å². The van der Waals surface area contributed by atoms with E-state index in [1.165, 1.54) is 0 Å². The Morgan fingerprint density at radius 1 is 0.789 bits per heavy atom. The van der Waals surface area contributed by atoms with Crippen molar-refractivity contribution in [3.05, 3.63) is 60.7 Å². The maximum Gasteiger partial charge on any atom is 0.119 e. The first kappa shape index (κ1) is 13.5. The summed E-state index contributed by atoms with van der Waals surface area (Å²) in [6, 6.07) is 19.8. The van der Waals surface area contributed by atoms with Gasteiger partial charge in [0, 0.05) is 0 Å². The van der Waals surface area contributed by atoms with E-state index < -0.39 is 0 Å². The van der Waals surface area contributed by atoms with E-state index in [-0.39, 0.29) is 0 Å². The van der Waals surface area contributed by atoms with Gasteiger partial charge in [-0.2, -0.15) is 0 Å². The molecule has 1 unspecified atom stereocenters. The van der Waals surface area contributed by atoms with E-state index in [0.29, 0.717) is 5.92 Å². The van der Waals surface area contributed by atoms with Gasteiger partial charge in [0.15, 0.2) is 0 Å². The van der Waals surface area contributed by atoms with Crippen molar-refractivity contribution in [1.82, 2.24) is 0 Å². The normalized spacial score (nSPS) is 11.8. The number of ether oxygens (including phenoxy) is 2. The first-order chi connectivity index (χ1) is 9.34. The number of rotatable bonds is 7. The van der Waals surface area contributed by atoms with Crippen LogP contribution in [0.1, 0.15) is 13.3 Å². The van der Waals surface area contributed by atoms with Crippen molar-refractivity contribution in [2.75, 3.05) is 13.2 Å². The molecule has 0 bridgehead atoms. The van der Waals surface area contributed by atoms with Crippen molar-refractivity contribution in [3.63, 3.8) is 0 Å². The lowest BCUT2D eigenvalue weighted by Crippen LogP contribution is -2.12. The quantitative estimate of drug-likeness (QED) is 0.740. The van der Waals surface area contributed by atoms with Gasteiger partial charge in [-0.05, 0) is 36.6 Å². The van der Waals surface area contributed by atoms with Gasteiger partial charge in [0.2, 0.25) is 0 Å². The molecule has 0 amide bonds. The van der Waals surface area contributed by atoms with E-state index in [2.05, 4.69) is 6.92 Å². The molecule has 2 heteroatoms. The van der Waals surface area contributed by atoms with Crippen LogP contribution in [0.25, 0.3) is 0 Å². The Labute approximate surface area is 115 Å². The molecular weight excluding hydrogens is 236 g/mol. The Hall–Kier alpha value is -1.96. The number of hydrogen-bond acceptors (Lipinski definition) is 2. The lowest BCUT2D eigenvalue weighted by Gasteiger charge is -2.13. The summed E-state index contributed by atoms with van der Waals surface area (Å²) in [5.41, 5.74) is 0. The van der Waals surface area contributed by atoms with Crippen LogP contribution in [0.4, 0.5) is 0 Å². The van der Waals surface area contributed by atoms with Crippen LogP contribution in [-0.4, -0.2) is 13.2 Å². The van der Waals surface area contributed by atoms with E-state index in [9.17, 15) is 0 Å². The van der Waals surface area contributed by atoms with Crippen LogP contribution < -0.4 is 9.47 Å². The maximum atomic E-state index is 5.71. The molecule has 0 spiro atoms. The second-order valence-electron chi connectivity index (χ2n) is 4.68. The number of para-hydroxylation sites is 2. The third-order valence-electron chi connectivity index (χ3n) is 2.90. The molecule has 0 fully saturated rings. The minimum atomic E-state index is 0.476. The molecule has 2 aromatic rings. The molecule has 0 radical (unpaired) electrons. The second kappa shape index (κ2) is 7.47. The third-order valence-corrected chi connectivity index (χ3v) is 2.90.